The first kappa shape index (κ1) is 14.4. The third-order valence-electron chi connectivity index (χ3n) is 4.70. The number of rotatable bonds is 1. The van der Waals surface area contributed by atoms with Gasteiger partial charge >= 0.3 is 6.09 Å². The topological polar surface area (TPSA) is 49.8 Å². The van der Waals surface area contributed by atoms with Crippen molar-refractivity contribution in [2.45, 2.75) is 39.3 Å². The van der Waals surface area contributed by atoms with E-state index in [-0.39, 0.29) is 23.5 Å². The third kappa shape index (κ3) is 2.42. The summed E-state index contributed by atoms with van der Waals surface area (Å²) in [5.41, 5.74) is 2.50. The Morgan fingerprint density at radius 2 is 2.05 bits per heavy atom. The molecule has 2 unspecified atom stereocenters. The summed E-state index contributed by atoms with van der Waals surface area (Å²) in [5, 5.41) is 9.36. The summed E-state index contributed by atoms with van der Waals surface area (Å²) < 4.78 is 6.04. The first-order valence-electron chi connectivity index (χ1n) is 7.58. The van der Waals surface area contributed by atoms with Gasteiger partial charge < -0.3 is 14.7 Å². The molecule has 0 spiro atoms. The standard InChI is InChI=1S/C17H23NO3/c1-17(2,3)15-13(10-18(15)16(19)20)14-12-7-5-4-6-11(12)8-9-21-14/h4-7,13-15H,8-10H2,1-3H3,(H,19,20)/t13?,14?,15-/m1/s1. The minimum atomic E-state index is -0.824. The highest BCUT2D eigenvalue weighted by molar-refractivity contribution is 5.67. The van der Waals surface area contributed by atoms with Crippen LogP contribution in [0.15, 0.2) is 24.3 Å². The van der Waals surface area contributed by atoms with Gasteiger partial charge in [0.15, 0.2) is 0 Å². The van der Waals surface area contributed by atoms with Gasteiger partial charge in [-0.3, -0.25) is 0 Å². The molecule has 1 aromatic carbocycles. The van der Waals surface area contributed by atoms with Crippen LogP contribution < -0.4 is 0 Å². The summed E-state index contributed by atoms with van der Waals surface area (Å²) in [4.78, 5) is 13.0. The molecule has 3 rings (SSSR count). The molecule has 0 aromatic heterocycles. The van der Waals surface area contributed by atoms with Crippen LogP contribution in [0.4, 0.5) is 4.79 Å². The van der Waals surface area contributed by atoms with Crippen molar-refractivity contribution in [3.05, 3.63) is 35.4 Å². The molecule has 2 aliphatic heterocycles. The van der Waals surface area contributed by atoms with Gasteiger partial charge in [0.05, 0.1) is 12.7 Å². The number of benzene rings is 1. The second-order valence-electron chi connectivity index (χ2n) is 7.15. The molecule has 4 heteroatoms. The summed E-state index contributed by atoms with van der Waals surface area (Å²) in [6.45, 7) is 7.61. The molecular formula is C17H23NO3. The van der Waals surface area contributed by atoms with E-state index < -0.39 is 6.09 Å². The van der Waals surface area contributed by atoms with Crippen molar-refractivity contribution in [1.82, 2.24) is 4.90 Å². The Balaban J connectivity index is 1.90. The van der Waals surface area contributed by atoms with E-state index in [1.165, 1.54) is 11.1 Å². The fourth-order valence-electron chi connectivity index (χ4n) is 3.88. The number of carboxylic acid groups (broad SMARTS) is 1. The largest absolute Gasteiger partial charge is 0.465 e. The normalized spacial score (nSPS) is 28.7. The fourth-order valence-corrected chi connectivity index (χ4v) is 3.88. The average molecular weight is 289 g/mol. The van der Waals surface area contributed by atoms with Gasteiger partial charge in [-0.2, -0.15) is 0 Å². The Bertz CT molecular complexity index is 549. The Kier molecular flexibility index (Phi) is 3.44. The highest BCUT2D eigenvalue weighted by Gasteiger charge is 2.52. The molecule has 1 saturated heterocycles. The lowest BCUT2D eigenvalue weighted by atomic mass is 9.68. The average Bonchev–Trinajstić information content (AvgIpc) is 2.35. The van der Waals surface area contributed by atoms with Crippen molar-refractivity contribution in [1.29, 1.82) is 0 Å². The second-order valence-corrected chi connectivity index (χ2v) is 7.15. The van der Waals surface area contributed by atoms with E-state index in [0.717, 1.165) is 13.0 Å². The van der Waals surface area contributed by atoms with Crippen LogP contribution >= 0.6 is 0 Å². The van der Waals surface area contributed by atoms with E-state index in [1.807, 2.05) is 6.07 Å². The molecule has 3 atom stereocenters. The van der Waals surface area contributed by atoms with E-state index in [9.17, 15) is 9.90 Å². The molecule has 1 N–H and O–H groups in total. The van der Waals surface area contributed by atoms with Crippen LogP contribution in [0.3, 0.4) is 0 Å². The zero-order valence-corrected chi connectivity index (χ0v) is 12.9. The van der Waals surface area contributed by atoms with Crippen LogP contribution in [0.5, 0.6) is 0 Å². The minimum Gasteiger partial charge on any atom is -0.465 e. The quantitative estimate of drug-likeness (QED) is 0.862. The highest BCUT2D eigenvalue weighted by atomic mass is 16.5. The first-order chi connectivity index (χ1) is 9.89. The zero-order chi connectivity index (χ0) is 15.2. The Morgan fingerprint density at radius 1 is 1.33 bits per heavy atom. The van der Waals surface area contributed by atoms with Gasteiger partial charge in [0, 0.05) is 18.5 Å². The monoisotopic (exact) mass is 289 g/mol. The van der Waals surface area contributed by atoms with E-state index in [1.54, 1.807) is 4.90 Å². The molecule has 2 heterocycles. The third-order valence-corrected chi connectivity index (χ3v) is 4.70. The summed E-state index contributed by atoms with van der Waals surface area (Å²) in [5.74, 6) is 0.238. The number of hydrogen-bond donors (Lipinski definition) is 1. The SMILES string of the molecule is CC(C)(C)[C@H]1C(C2OCCc3ccccc32)CN1C(=O)O. The molecule has 1 aromatic rings. The van der Waals surface area contributed by atoms with Crippen LogP contribution in [0.25, 0.3) is 0 Å². The second kappa shape index (κ2) is 5.02. The van der Waals surface area contributed by atoms with E-state index >= 15 is 0 Å². The number of amides is 1. The molecule has 1 fully saturated rings. The maximum absolute atomic E-state index is 11.4. The van der Waals surface area contributed by atoms with E-state index in [0.29, 0.717) is 6.54 Å². The van der Waals surface area contributed by atoms with E-state index in [2.05, 4.69) is 39.0 Å². The summed E-state index contributed by atoms with van der Waals surface area (Å²) >= 11 is 0. The van der Waals surface area contributed by atoms with Gasteiger partial charge in [0.25, 0.3) is 0 Å². The number of carbonyl (C=O) groups is 1. The maximum Gasteiger partial charge on any atom is 0.407 e. The van der Waals surface area contributed by atoms with Gasteiger partial charge in [0.2, 0.25) is 0 Å². The molecule has 21 heavy (non-hydrogen) atoms. The van der Waals surface area contributed by atoms with Crippen LogP contribution in [-0.2, 0) is 11.2 Å². The van der Waals surface area contributed by atoms with Crippen molar-refractivity contribution >= 4 is 6.09 Å². The van der Waals surface area contributed by atoms with Gasteiger partial charge in [-0.15, -0.1) is 0 Å². The molecule has 0 aliphatic carbocycles. The van der Waals surface area contributed by atoms with Gasteiger partial charge in [-0.1, -0.05) is 45.0 Å². The smallest absolute Gasteiger partial charge is 0.407 e. The first-order valence-corrected chi connectivity index (χ1v) is 7.58. The van der Waals surface area contributed by atoms with Gasteiger partial charge in [-0.25, -0.2) is 4.79 Å². The lowest BCUT2D eigenvalue weighted by Gasteiger charge is -2.55. The number of likely N-dealkylation sites (tertiary alicyclic amines) is 1. The molecular weight excluding hydrogens is 266 g/mol. The number of nitrogens with zero attached hydrogens (tertiary/aromatic N) is 1. The molecule has 114 valence electrons. The molecule has 0 bridgehead atoms. The Labute approximate surface area is 125 Å². The fraction of sp³-hybridized carbons (Fsp3) is 0.588. The number of ether oxygens (including phenoxy) is 1. The van der Waals surface area contributed by atoms with Crippen LogP contribution in [0.2, 0.25) is 0 Å². The van der Waals surface area contributed by atoms with Crippen molar-refractivity contribution in [3.63, 3.8) is 0 Å². The molecule has 1 amide bonds. The van der Waals surface area contributed by atoms with Crippen LogP contribution in [-0.4, -0.2) is 35.3 Å². The van der Waals surface area contributed by atoms with Crippen LogP contribution in [0, 0.1) is 11.3 Å². The molecule has 2 aliphatic rings. The van der Waals surface area contributed by atoms with Crippen molar-refractivity contribution in [3.8, 4) is 0 Å². The van der Waals surface area contributed by atoms with Gasteiger partial charge in [0.1, 0.15) is 0 Å². The highest BCUT2D eigenvalue weighted by Crippen LogP contribution is 2.47. The predicted octanol–water partition coefficient (Wildman–Crippen LogP) is 3.32. The van der Waals surface area contributed by atoms with Crippen molar-refractivity contribution < 1.29 is 14.6 Å². The molecule has 4 nitrogen and oxygen atoms in total. The molecule has 0 saturated carbocycles. The number of hydrogen-bond acceptors (Lipinski definition) is 2. The molecule has 0 radical (unpaired) electrons. The zero-order valence-electron chi connectivity index (χ0n) is 12.9. The summed E-state index contributed by atoms with van der Waals surface area (Å²) in [6, 6.07) is 8.39. The Hall–Kier alpha value is -1.55. The lowest BCUT2D eigenvalue weighted by molar-refractivity contribution is -0.116. The van der Waals surface area contributed by atoms with Crippen molar-refractivity contribution in [2.75, 3.05) is 13.2 Å². The minimum absolute atomic E-state index is 0.00570. The van der Waals surface area contributed by atoms with E-state index in [4.69, 9.17) is 4.74 Å². The maximum atomic E-state index is 11.4. The summed E-state index contributed by atoms with van der Waals surface area (Å²) in [7, 11) is 0. The van der Waals surface area contributed by atoms with Crippen molar-refractivity contribution in [2.24, 2.45) is 11.3 Å². The number of fused-ring (bicyclic) bond motifs is 1. The predicted molar refractivity (Wildman–Crippen MR) is 80.3 cm³/mol. The summed E-state index contributed by atoms with van der Waals surface area (Å²) in [6.07, 6.45) is 0.146. The van der Waals surface area contributed by atoms with Crippen LogP contribution in [0.1, 0.15) is 38.0 Å². The Morgan fingerprint density at radius 3 is 2.71 bits per heavy atom. The lowest BCUT2D eigenvalue weighted by Crippen LogP contribution is -2.65. The van der Waals surface area contributed by atoms with Gasteiger partial charge in [-0.05, 0) is 23.0 Å².